The second kappa shape index (κ2) is 8.44. The molecule has 0 amide bonds. The van der Waals surface area contributed by atoms with E-state index in [4.69, 9.17) is 9.47 Å². The fraction of sp³-hybridized carbons (Fsp3) is 0.368. The molecule has 23 heavy (non-hydrogen) atoms. The number of phenolic OH excluding ortho intramolecular Hbond substituents is 1. The van der Waals surface area contributed by atoms with Crippen molar-refractivity contribution < 1.29 is 14.6 Å². The fourth-order valence-electron chi connectivity index (χ4n) is 2.43. The van der Waals surface area contributed by atoms with Crippen LogP contribution in [0.15, 0.2) is 42.5 Å². The van der Waals surface area contributed by atoms with Crippen LogP contribution in [0.2, 0.25) is 0 Å². The monoisotopic (exact) mass is 315 g/mol. The number of hydrogen-bond donors (Lipinski definition) is 2. The summed E-state index contributed by atoms with van der Waals surface area (Å²) in [5.41, 5.74) is 2.35. The number of benzene rings is 2. The topological polar surface area (TPSA) is 50.7 Å². The summed E-state index contributed by atoms with van der Waals surface area (Å²) in [5, 5.41) is 12.8. The van der Waals surface area contributed by atoms with Crippen molar-refractivity contribution in [3.05, 3.63) is 53.6 Å². The van der Waals surface area contributed by atoms with Crippen molar-refractivity contribution in [3.8, 4) is 17.2 Å². The SMILES string of the molecule is COc1ccc(CNC(C)CCc2ccc(O)cc2)c(OC)c1. The van der Waals surface area contributed by atoms with E-state index in [2.05, 4.69) is 12.2 Å². The Bertz CT molecular complexity index is 611. The van der Waals surface area contributed by atoms with Gasteiger partial charge in [0.2, 0.25) is 0 Å². The van der Waals surface area contributed by atoms with Crippen molar-refractivity contribution in [2.75, 3.05) is 14.2 Å². The first-order valence-corrected chi connectivity index (χ1v) is 7.84. The lowest BCUT2D eigenvalue weighted by atomic mass is 10.1. The van der Waals surface area contributed by atoms with Crippen LogP contribution in [0.25, 0.3) is 0 Å². The molecule has 0 aliphatic carbocycles. The van der Waals surface area contributed by atoms with E-state index in [1.807, 2.05) is 30.3 Å². The van der Waals surface area contributed by atoms with E-state index >= 15 is 0 Å². The second-order valence-corrected chi connectivity index (χ2v) is 5.66. The minimum Gasteiger partial charge on any atom is -0.508 e. The molecule has 0 bridgehead atoms. The molecule has 2 aromatic carbocycles. The molecule has 2 aromatic rings. The van der Waals surface area contributed by atoms with Crippen LogP contribution in [0.3, 0.4) is 0 Å². The quantitative estimate of drug-likeness (QED) is 0.782. The van der Waals surface area contributed by atoms with Gasteiger partial charge in [0.25, 0.3) is 0 Å². The van der Waals surface area contributed by atoms with Crippen molar-refractivity contribution in [1.29, 1.82) is 0 Å². The van der Waals surface area contributed by atoms with Crippen LogP contribution in [0.4, 0.5) is 0 Å². The lowest BCUT2D eigenvalue weighted by Gasteiger charge is -2.16. The lowest BCUT2D eigenvalue weighted by Crippen LogP contribution is -2.26. The molecule has 4 nitrogen and oxygen atoms in total. The Labute approximate surface area is 138 Å². The third kappa shape index (κ3) is 5.18. The van der Waals surface area contributed by atoms with Crippen molar-refractivity contribution in [3.63, 3.8) is 0 Å². The molecular formula is C19H25NO3. The van der Waals surface area contributed by atoms with Gasteiger partial charge in [0.05, 0.1) is 14.2 Å². The summed E-state index contributed by atoms with van der Waals surface area (Å²) in [6, 6.07) is 13.7. The molecule has 1 atom stereocenters. The van der Waals surface area contributed by atoms with E-state index < -0.39 is 0 Å². The molecule has 0 spiro atoms. The van der Waals surface area contributed by atoms with Crippen molar-refractivity contribution >= 4 is 0 Å². The first kappa shape index (κ1) is 17.2. The molecular weight excluding hydrogens is 290 g/mol. The average molecular weight is 315 g/mol. The van der Waals surface area contributed by atoms with Gasteiger partial charge < -0.3 is 19.9 Å². The highest BCUT2D eigenvalue weighted by atomic mass is 16.5. The molecule has 0 saturated heterocycles. The number of rotatable bonds is 8. The van der Waals surface area contributed by atoms with E-state index in [1.54, 1.807) is 26.4 Å². The van der Waals surface area contributed by atoms with E-state index in [0.29, 0.717) is 11.8 Å². The summed E-state index contributed by atoms with van der Waals surface area (Å²) in [6.07, 6.45) is 2.01. The zero-order valence-corrected chi connectivity index (χ0v) is 14.0. The predicted octanol–water partition coefficient (Wildman–Crippen LogP) is 3.52. The zero-order chi connectivity index (χ0) is 16.7. The highest BCUT2D eigenvalue weighted by Crippen LogP contribution is 2.24. The van der Waals surface area contributed by atoms with Crippen LogP contribution < -0.4 is 14.8 Å². The van der Waals surface area contributed by atoms with Gasteiger partial charge in [0.1, 0.15) is 17.2 Å². The molecule has 0 aliphatic rings. The summed E-state index contributed by atoms with van der Waals surface area (Å²) in [4.78, 5) is 0. The van der Waals surface area contributed by atoms with Gasteiger partial charge in [-0.25, -0.2) is 0 Å². The fourth-order valence-corrected chi connectivity index (χ4v) is 2.43. The number of hydrogen-bond acceptors (Lipinski definition) is 4. The number of phenols is 1. The number of aryl methyl sites for hydroxylation is 1. The van der Waals surface area contributed by atoms with Gasteiger partial charge in [-0.1, -0.05) is 18.2 Å². The molecule has 0 radical (unpaired) electrons. The lowest BCUT2D eigenvalue weighted by molar-refractivity contribution is 0.388. The standard InChI is InChI=1S/C19H25NO3/c1-14(4-5-15-6-9-17(21)10-7-15)20-13-16-8-11-18(22-2)12-19(16)23-3/h6-12,14,20-21H,4-5,13H2,1-3H3. The first-order chi connectivity index (χ1) is 11.1. The molecule has 124 valence electrons. The van der Waals surface area contributed by atoms with E-state index in [9.17, 15) is 5.11 Å². The van der Waals surface area contributed by atoms with Gasteiger partial charge in [0, 0.05) is 24.2 Å². The normalized spacial score (nSPS) is 12.0. The average Bonchev–Trinajstić information content (AvgIpc) is 2.59. The third-order valence-electron chi connectivity index (χ3n) is 3.94. The molecule has 4 heteroatoms. The van der Waals surface area contributed by atoms with Crippen molar-refractivity contribution in [2.24, 2.45) is 0 Å². The first-order valence-electron chi connectivity index (χ1n) is 7.84. The van der Waals surface area contributed by atoms with Crippen molar-refractivity contribution in [1.82, 2.24) is 5.32 Å². The van der Waals surface area contributed by atoms with Gasteiger partial charge >= 0.3 is 0 Å². The summed E-state index contributed by atoms with van der Waals surface area (Å²) in [5.74, 6) is 1.94. The van der Waals surface area contributed by atoms with Gasteiger partial charge in [-0.3, -0.25) is 0 Å². The zero-order valence-electron chi connectivity index (χ0n) is 14.0. The van der Waals surface area contributed by atoms with E-state index in [0.717, 1.165) is 36.4 Å². The number of ether oxygens (including phenoxy) is 2. The number of methoxy groups -OCH3 is 2. The Morgan fingerprint density at radius 3 is 2.43 bits per heavy atom. The van der Waals surface area contributed by atoms with Gasteiger partial charge in [-0.15, -0.1) is 0 Å². The highest BCUT2D eigenvalue weighted by molar-refractivity contribution is 5.40. The van der Waals surface area contributed by atoms with Crippen LogP contribution in [0, 0.1) is 0 Å². The predicted molar refractivity (Wildman–Crippen MR) is 92.3 cm³/mol. The largest absolute Gasteiger partial charge is 0.508 e. The maximum Gasteiger partial charge on any atom is 0.127 e. The minimum atomic E-state index is 0.312. The van der Waals surface area contributed by atoms with Gasteiger partial charge in [0.15, 0.2) is 0 Å². The molecule has 2 rings (SSSR count). The molecule has 0 heterocycles. The molecule has 2 N–H and O–H groups in total. The van der Waals surface area contributed by atoms with Crippen LogP contribution in [0.1, 0.15) is 24.5 Å². The number of aromatic hydroxyl groups is 1. The second-order valence-electron chi connectivity index (χ2n) is 5.66. The molecule has 1 unspecified atom stereocenters. The summed E-state index contributed by atoms with van der Waals surface area (Å²) < 4.78 is 10.6. The minimum absolute atomic E-state index is 0.312. The van der Waals surface area contributed by atoms with E-state index in [-0.39, 0.29) is 0 Å². The van der Waals surface area contributed by atoms with Crippen LogP contribution >= 0.6 is 0 Å². The Morgan fingerprint density at radius 1 is 1.04 bits per heavy atom. The molecule has 0 aromatic heterocycles. The third-order valence-corrected chi connectivity index (χ3v) is 3.94. The highest BCUT2D eigenvalue weighted by Gasteiger charge is 2.07. The molecule has 0 aliphatic heterocycles. The Kier molecular flexibility index (Phi) is 6.29. The van der Waals surface area contributed by atoms with Crippen LogP contribution in [-0.2, 0) is 13.0 Å². The maximum atomic E-state index is 9.30. The Balaban J connectivity index is 1.84. The summed E-state index contributed by atoms with van der Waals surface area (Å²) >= 11 is 0. The van der Waals surface area contributed by atoms with Gasteiger partial charge in [-0.05, 0) is 43.5 Å². The molecule has 0 saturated carbocycles. The van der Waals surface area contributed by atoms with Crippen LogP contribution in [-0.4, -0.2) is 25.4 Å². The summed E-state index contributed by atoms with van der Waals surface area (Å²) in [6.45, 7) is 2.93. The summed E-state index contributed by atoms with van der Waals surface area (Å²) in [7, 11) is 3.32. The Hall–Kier alpha value is -2.20. The maximum absolute atomic E-state index is 9.30. The molecule has 0 fully saturated rings. The Morgan fingerprint density at radius 2 is 1.78 bits per heavy atom. The van der Waals surface area contributed by atoms with Crippen molar-refractivity contribution in [2.45, 2.75) is 32.4 Å². The number of nitrogens with one attached hydrogen (secondary N) is 1. The smallest absolute Gasteiger partial charge is 0.127 e. The van der Waals surface area contributed by atoms with E-state index in [1.165, 1.54) is 5.56 Å². The van der Waals surface area contributed by atoms with Gasteiger partial charge in [-0.2, -0.15) is 0 Å². The van der Waals surface area contributed by atoms with Crippen LogP contribution in [0.5, 0.6) is 17.2 Å².